The number of rotatable bonds is 12. The summed E-state index contributed by atoms with van der Waals surface area (Å²) in [5, 5.41) is 35.7. The molecule has 0 heterocycles. The Hall–Kier alpha value is -7.74. The van der Waals surface area contributed by atoms with Gasteiger partial charge < -0.3 is 30.2 Å². The largest absolute Gasteiger partial charge is 0.508 e. The fourth-order valence-electron chi connectivity index (χ4n) is 5.81. The van der Waals surface area contributed by atoms with E-state index in [1.54, 1.807) is 38.1 Å². The standard InChI is InChI=1S/2C19H20F3N3O5S.C6H6O2/c2*1-12-4-7-15(8-5-12)31(29,30)23-14-6-9-16(25(3)18(27)28)13(10-14)11-24(2)17(26)19(20,21)22;7-5-1-2-6(8)4-3-5/h2*4-10,23H,11H2,1-3H3,(H,27,28);1-4,7-8H. The summed E-state index contributed by atoms with van der Waals surface area (Å²) in [4.78, 5) is 47.7. The number of benzene rings is 5. The van der Waals surface area contributed by atoms with E-state index in [4.69, 9.17) is 10.2 Å². The van der Waals surface area contributed by atoms with Crippen molar-refractivity contribution in [3.05, 3.63) is 131 Å². The van der Waals surface area contributed by atoms with E-state index in [1.165, 1.54) is 99.0 Å². The molecule has 6 N–H and O–H groups in total. The predicted molar refractivity (Wildman–Crippen MR) is 245 cm³/mol. The van der Waals surface area contributed by atoms with Crippen LogP contribution in [-0.2, 0) is 42.7 Å². The molecule has 5 aromatic carbocycles. The van der Waals surface area contributed by atoms with Crippen LogP contribution >= 0.6 is 0 Å². The third-order valence-corrected chi connectivity index (χ3v) is 12.3. The number of sulfonamides is 2. The molecule has 0 fully saturated rings. The molecule has 0 radical (unpaired) electrons. The van der Waals surface area contributed by atoms with Gasteiger partial charge in [-0.1, -0.05) is 35.4 Å². The summed E-state index contributed by atoms with van der Waals surface area (Å²) in [7, 11) is -3.86. The van der Waals surface area contributed by atoms with Crippen molar-refractivity contribution in [2.75, 3.05) is 47.4 Å². The van der Waals surface area contributed by atoms with Crippen molar-refractivity contribution < 1.29 is 82.8 Å². The Balaban J connectivity index is 0.000000319. The van der Waals surface area contributed by atoms with Gasteiger partial charge in [0.2, 0.25) is 0 Å². The van der Waals surface area contributed by atoms with Crippen molar-refractivity contribution in [2.45, 2.75) is 49.1 Å². The molecular formula is C44H46F6N6O12S2. The number of carbonyl (C=O) groups excluding carboxylic acids is 2. The Labute approximate surface area is 397 Å². The van der Waals surface area contributed by atoms with E-state index in [1.807, 2.05) is 0 Å². The minimum absolute atomic E-state index is 0.00546. The van der Waals surface area contributed by atoms with Gasteiger partial charge in [0.05, 0.1) is 21.2 Å². The molecule has 0 atom stereocenters. The Morgan fingerprint density at radius 3 is 1.04 bits per heavy atom. The third kappa shape index (κ3) is 16.2. The van der Waals surface area contributed by atoms with Crippen LogP contribution in [0, 0.1) is 13.8 Å². The zero-order valence-electron chi connectivity index (χ0n) is 37.7. The summed E-state index contributed by atoms with van der Waals surface area (Å²) in [5.41, 5.74) is 1.65. The second kappa shape index (κ2) is 23.0. The van der Waals surface area contributed by atoms with Crippen molar-refractivity contribution in [3.8, 4) is 11.5 Å². The molecule has 70 heavy (non-hydrogen) atoms. The zero-order valence-corrected chi connectivity index (χ0v) is 39.4. The molecular weight excluding hydrogens is 983 g/mol. The molecule has 0 unspecified atom stereocenters. The van der Waals surface area contributed by atoms with E-state index >= 15 is 0 Å². The summed E-state index contributed by atoms with van der Waals surface area (Å²) >= 11 is 0. The van der Waals surface area contributed by atoms with E-state index in [2.05, 4.69) is 9.44 Å². The Morgan fingerprint density at radius 2 is 0.786 bits per heavy atom. The number of hydrogen-bond acceptors (Lipinski definition) is 10. The fraction of sp³-hybridized carbons (Fsp3) is 0.227. The normalized spacial score (nSPS) is 11.4. The molecule has 0 saturated carbocycles. The Morgan fingerprint density at radius 1 is 0.500 bits per heavy atom. The number of phenolic OH excluding ortho intramolecular Hbond substituents is 2. The van der Waals surface area contributed by atoms with Gasteiger partial charge in [-0.05, 0) is 110 Å². The van der Waals surface area contributed by atoms with Crippen molar-refractivity contribution in [1.29, 1.82) is 0 Å². The van der Waals surface area contributed by atoms with Crippen LogP contribution in [0.25, 0.3) is 0 Å². The minimum Gasteiger partial charge on any atom is -0.508 e. The number of amides is 4. The number of halogens is 6. The molecule has 0 saturated heterocycles. The molecule has 0 aliphatic rings. The highest BCUT2D eigenvalue weighted by atomic mass is 32.2. The molecule has 0 spiro atoms. The van der Waals surface area contributed by atoms with Gasteiger partial charge in [0.15, 0.2) is 0 Å². The summed E-state index contributed by atoms with van der Waals surface area (Å²) in [6.45, 7) is 2.36. The minimum atomic E-state index is -5.11. The van der Waals surface area contributed by atoms with Crippen LogP contribution in [0.1, 0.15) is 22.3 Å². The second-order valence-electron chi connectivity index (χ2n) is 15.0. The first kappa shape index (κ1) is 56.6. The first-order valence-electron chi connectivity index (χ1n) is 19.7. The lowest BCUT2D eigenvalue weighted by atomic mass is 10.1. The number of phenols is 2. The average molecular weight is 1030 g/mol. The van der Waals surface area contributed by atoms with Gasteiger partial charge >= 0.3 is 36.4 Å². The number of nitrogens with zero attached hydrogens (tertiary/aromatic N) is 4. The van der Waals surface area contributed by atoms with Gasteiger partial charge in [-0.2, -0.15) is 26.3 Å². The molecule has 26 heteroatoms. The highest BCUT2D eigenvalue weighted by Crippen LogP contribution is 2.30. The molecule has 378 valence electrons. The van der Waals surface area contributed by atoms with Crippen molar-refractivity contribution in [1.82, 2.24) is 9.80 Å². The maximum atomic E-state index is 12.7. The highest BCUT2D eigenvalue weighted by Gasteiger charge is 2.42. The van der Waals surface area contributed by atoms with E-state index in [0.717, 1.165) is 35.0 Å². The topological polar surface area (TPSA) is 254 Å². The number of hydrogen-bond donors (Lipinski definition) is 6. The molecule has 5 aromatic rings. The lowest BCUT2D eigenvalue weighted by Gasteiger charge is -2.23. The smallest absolute Gasteiger partial charge is 0.471 e. The Bertz CT molecular complexity index is 2690. The van der Waals surface area contributed by atoms with Crippen LogP contribution in [0.5, 0.6) is 11.5 Å². The van der Waals surface area contributed by atoms with Gasteiger partial charge in [0.1, 0.15) is 11.5 Å². The van der Waals surface area contributed by atoms with E-state index in [9.17, 15) is 72.6 Å². The molecule has 4 amide bonds. The SMILES string of the molecule is Cc1ccc(S(=O)(=O)Nc2ccc(N(C)C(=O)O)c(CN(C)C(=O)C(F)(F)F)c2)cc1.Cc1ccc(S(=O)(=O)Nc2ccc(N(C)C(=O)O)c(CN(C)C(=O)C(F)(F)F)c2)cc1.Oc1ccc(O)cc1. The molecule has 18 nitrogen and oxygen atoms in total. The van der Waals surface area contributed by atoms with Crippen LogP contribution in [-0.4, -0.2) is 112 Å². The molecule has 0 aliphatic carbocycles. The van der Waals surface area contributed by atoms with Gasteiger partial charge in [0.25, 0.3) is 20.0 Å². The van der Waals surface area contributed by atoms with Crippen LogP contribution in [0.3, 0.4) is 0 Å². The lowest BCUT2D eigenvalue weighted by Crippen LogP contribution is -2.38. The van der Waals surface area contributed by atoms with Gasteiger partial charge in [-0.15, -0.1) is 0 Å². The zero-order chi connectivity index (χ0) is 53.1. The number of alkyl halides is 6. The van der Waals surface area contributed by atoms with Crippen LogP contribution in [0.2, 0.25) is 0 Å². The summed E-state index contributed by atoms with van der Waals surface area (Å²) in [6.07, 6.45) is -13.0. The number of aromatic hydroxyl groups is 2. The van der Waals surface area contributed by atoms with Gasteiger partial charge in [-0.25, -0.2) is 26.4 Å². The number of aryl methyl sites for hydroxylation is 2. The first-order valence-corrected chi connectivity index (χ1v) is 22.7. The van der Waals surface area contributed by atoms with Crippen molar-refractivity contribution in [3.63, 3.8) is 0 Å². The monoisotopic (exact) mass is 1030 g/mol. The van der Waals surface area contributed by atoms with E-state index < -0.39 is 69.5 Å². The maximum absolute atomic E-state index is 12.7. The molecule has 0 aliphatic heterocycles. The average Bonchev–Trinajstić information content (AvgIpc) is 3.26. The summed E-state index contributed by atoms with van der Waals surface area (Å²) < 4.78 is 131. The van der Waals surface area contributed by atoms with Crippen molar-refractivity contribution in [2.24, 2.45) is 0 Å². The van der Waals surface area contributed by atoms with Crippen molar-refractivity contribution >= 4 is 66.8 Å². The maximum Gasteiger partial charge on any atom is 0.471 e. The Kier molecular flexibility index (Phi) is 18.6. The number of carbonyl (C=O) groups is 4. The number of nitrogens with one attached hydrogen (secondary N) is 2. The van der Waals surface area contributed by atoms with Crippen LogP contribution in [0.15, 0.2) is 119 Å². The van der Waals surface area contributed by atoms with E-state index in [-0.39, 0.29) is 55.2 Å². The molecule has 5 rings (SSSR count). The van der Waals surface area contributed by atoms with E-state index in [0.29, 0.717) is 9.80 Å². The quantitative estimate of drug-likeness (QED) is 0.0514. The van der Waals surface area contributed by atoms with Crippen LogP contribution in [0.4, 0.5) is 58.7 Å². The molecule has 0 aromatic heterocycles. The van der Waals surface area contributed by atoms with Crippen LogP contribution < -0.4 is 19.2 Å². The number of carboxylic acid groups (broad SMARTS) is 2. The predicted octanol–water partition coefficient (Wildman–Crippen LogP) is 7.96. The fourth-order valence-corrected chi connectivity index (χ4v) is 7.91. The lowest BCUT2D eigenvalue weighted by molar-refractivity contribution is -0.184. The first-order chi connectivity index (χ1) is 32.2. The summed E-state index contributed by atoms with van der Waals surface area (Å²) in [6, 6.07) is 25.0. The number of anilines is 4. The highest BCUT2D eigenvalue weighted by molar-refractivity contribution is 7.93. The van der Waals surface area contributed by atoms with Gasteiger partial charge in [-0.3, -0.25) is 28.8 Å². The van der Waals surface area contributed by atoms with Gasteiger partial charge in [0, 0.05) is 52.7 Å². The molecule has 0 bridgehead atoms. The second-order valence-corrected chi connectivity index (χ2v) is 18.4. The summed E-state index contributed by atoms with van der Waals surface area (Å²) in [5.74, 6) is -3.91. The third-order valence-electron chi connectivity index (χ3n) is 9.47.